The number of aryl methyl sites for hydroxylation is 1. The summed E-state index contributed by atoms with van der Waals surface area (Å²) < 4.78 is 8.32. The minimum absolute atomic E-state index is 0. The van der Waals surface area contributed by atoms with Crippen molar-refractivity contribution in [2.45, 2.75) is 24.8 Å². The van der Waals surface area contributed by atoms with E-state index in [1.54, 1.807) is 10.9 Å². The van der Waals surface area contributed by atoms with E-state index in [4.69, 9.17) is 10.2 Å². The van der Waals surface area contributed by atoms with Gasteiger partial charge in [0.25, 0.3) is 0 Å². The number of hydrogen-bond acceptors (Lipinski definition) is 4. The van der Waals surface area contributed by atoms with Gasteiger partial charge in [0.15, 0.2) is 0 Å². The Hall–Kier alpha value is -3.67. The second-order valence-electron chi connectivity index (χ2n) is 9.17. The summed E-state index contributed by atoms with van der Waals surface area (Å²) >= 11 is 0. The lowest BCUT2D eigenvalue weighted by Gasteiger charge is -2.38. The quantitative estimate of drug-likeness (QED) is 0.326. The Morgan fingerprint density at radius 1 is 0.914 bits per heavy atom. The summed E-state index contributed by atoms with van der Waals surface area (Å²) in [4.78, 5) is 14.0. The van der Waals surface area contributed by atoms with Gasteiger partial charge in [-0.3, -0.25) is 9.48 Å². The first-order valence-electron chi connectivity index (χ1n) is 11.6. The molecule has 0 atom stereocenters. The molecule has 6 heteroatoms. The zero-order valence-electron chi connectivity index (χ0n) is 19.4. The second kappa shape index (κ2) is 8.84. The number of rotatable bonds is 4. The molecule has 0 saturated heterocycles. The Morgan fingerprint density at radius 3 is 2.29 bits per heavy atom. The molecule has 0 aliphatic heterocycles. The van der Waals surface area contributed by atoms with E-state index >= 15 is 0 Å². The van der Waals surface area contributed by atoms with E-state index < -0.39 is 0 Å². The van der Waals surface area contributed by atoms with E-state index in [0.29, 0.717) is 22.3 Å². The topological polar surface area (TPSA) is 74.0 Å². The number of hydrogen-bond donors (Lipinski definition) is 1. The average Bonchev–Trinajstić information content (AvgIpc) is 3.29. The lowest BCUT2D eigenvalue weighted by molar-refractivity contribution is 0.253. The number of fused-ring (bicyclic) bond motifs is 1. The molecule has 35 heavy (non-hydrogen) atoms. The fourth-order valence-corrected chi connectivity index (χ4v) is 4.87. The van der Waals surface area contributed by atoms with Crippen LogP contribution in [0.5, 0.6) is 0 Å². The highest BCUT2D eigenvalue weighted by Gasteiger charge is 2.34. The minimum Gasteiger partial charge on any atom is -0.454 e. The summed E-state index contributed by atoms with van der Waals surface area (Å²) in [5.74, 6) is 0.563. The van der Waals surface area contributed by atoms with Gasteiger partial charge in [-0.25, -0.2) is 0 Å². The number of nitrogens with zero attached hydrogens (tertiary/aromatic N) is 2. The van der Waals surface area contributed by atoms with Gasteiger partial charge in [0.2, 0.25) is 5.43 Å². The Labute approximate surface area is 209 Å². The predicted octanol–water partition coefficient (Wildman–Crippen LogP) is 6.29. The number of para-hydroxylation sites is 1. The Bertz CT molecular complexity index is 1570. The third-order valence-electron chi connectivity index (χ3n) is 6.96. The van der Waals surface area contributed by atoms with Gasteiger partial charge < -0.3 is 10.2 Å². The molecule has 1 aliphatic rings. The lowest BCUT2D eigenvalue weighted by atomic mass is 9.72. The SMILES string of the molecule is Cl.Cn1cc(-c2cccc3c(=O)c(-c4ccc(C5(N)CCC5)cc4)c(-c4ccccc4)oc23)cn1. The summed E-state index contributed by atoms with van der Waals surface area (Å²) in [5.41, 5.74) is 11.9. The maximum Gasteiger partial charge on any atom is 0.201 e. The fraction of sp³-hybridized carbons (Fsp3) is 0.172. The molecule has 0 unspecified atom stereocenters. The predicted molar refractivity (Wildman–Crippen MR) is 143 cm³/mol. The largest absolute Gasteiger partial charge is 0.454 e. The number of nitrogens with two attached hydrogens (primary N) is 1. The van der Waals surface area contributed by atoms with Gasteiger partial charge in [0, 0.05) is 35.5 Å². The van der Waals surface area contributed by atoms with Gasteiger partial charge in [-0.1, -0.05) is 66.7 Å². The molecule has 6 rings (SSSR count). The molecule has 2 heterocycles. The maximum atomic E-state index is 14.0. The molecule has 0 bridgehead atoms. The highest BCUT2D eigenvalue weighted by molar-refractivity contribution is 5.96. The van der Waals surface area contributed by atoms with Crippen LogP contribution in [0.1, 0.15) is 24.8 Å². The molecule has 1 aliphatic carbocycles. The van der Waals surface area contributed by atoms with Crippen molar-refractivity contribution in [3.63, 3.8) is 0 Å². The summed E-state index contributed by atoms with van der Waals surface area (Å²) in [5, 5.41) is 4.84. The third-order valence-corrected chi connectivity index (χ3v) is 6.96. The summed E-state index contributed by atoms with van der Waals surface area (Å²) in [6, 6.07) is 23.6. The highest BCUT2D eigenvalue weighted by atomic mass is 35.5. The molecular weight excluding hydrogens is 458 g/mol. The standard InChI is InChI=1S/C29H25N3O2.ClH/c1-32-18-21(17-31-32)23-9-5-10-24-26(33)25(27(34-28(23)24)20-7-3-2-4-8-20)19-11-13-22(14-12-19)29(30)15-6-16-29;/h2-5,7-14,17-18H,6,15-16,30H2,1H3;1H. The lowest BCUT2D eigenvalue weighted by Crippen LogP contribution is -2.43. The molecule has 2 N–H and O–H groups in total. The van der Waals surface area contributed by atoms with Gasteiger partial charge in [0.05, 0.1) is 17.1 Å². The second-order valence-corrected chi connectivity index (χ2v) is 9.17. The van der Waals surface area contributed by atoms with Crippen molar-refractivity contribution in [2.75, 3.05) is 0 Å². The van der Waals surface area contributed by atoms with Gasteiger partial charge in [0.1, 0.15) is 11.3 Å². The fourth-order valence-electron chi connectivity index (χ4n) is 4.87. The normalized spacial score (nSPS) is 14.3. The number of benzene rings is 3. The number of halogens is 1. The van der Waals surface area contributed by atoms with E-state index in [9.17, 15) is 4.79 Å². The Kier molecular flexibility index (Phi) is 5.83. The molecule has 5 nitrogen and oxygen atoms in total. The van der Waals surface area contributed by atoms with E-state index in [1.807, 2.05) is 73.9 Å². The maximum absolute atomic E-state index is 14.0. The van der Waals surface area contributed by atoms with Crippen LogP contribution in [0.2, 0.25) is 0 Å². The van der Waals surface area contributed by atoms with Crippen molar-refractivity contribution < 1.29 is 4.42 Å². The van der Waals surface area contributed by atoms with Crippen LogP contribution < -0.4 is 11.2 Å². The Balaban J connectivity index is 0.00000253. The number of aromatic nitrogens is 2. The smallest absolute Gasteiger partial charge is 0.201 e. The zero-order valence-corrected chi connectivity index (χ0v) is 20.2. The van der Waals surface area contributed by atoms with E-state index in [0.717, 1.165) is 47.1 Å². The molecule has 0 amide bonds. The van der Waals surface area contributed by atoms with Crippen molar-refractivity contribution in [1.82, 2.24) is 9.78 Å². The van der Waals surface area contributed by atoms with Crippen molar-refractivity contribution in [3.8, 4) is 33.6 Å². The zero-order chi connectivity index (χ0) is 23.3. The van der Waals surface area contributed by atoms with E-state index in [1.165, 1.54) is 0 Å². The van der Waals surface area contributed by atoms with Gasteiger partial charge in [-0.2, -0.15) is 5.10 Å². The van der Waals surface area contributed by atoms with Crippen molar-refractivity contribution in [2.24, 2.45) is 12.8 Å². The van der Waals surface area contributed by atoms with Crippen LogP contribution in [0.4, 0.5) is 0 Å². The first kappa shape index (κ1) is 23.1. The first-order chi connectivity index (χ1) is 16.5. The molecular formula is C29H26ClN3O2. The van der Waals surface area contributed by atoms with Gasteiger partial charge in [-0.05, 0) is 36.5 Å². The molecule has 1 saturated carbocycles. The van der Waals surface area contributed by atoms with E-state index in [-0.39, 0.29) is 23.4 Å². The molecule has 2 aromatic heterocycles. The Morgan fingerprint density at radius 2 is 1.66 bits per heavy atom. The summed E-state index contributed by atoms with van der Waals surface area (Å²) in [6.45, 7) is 0. The minimum atomic E-state index is -0.243. The van der Waals surface area contributed by atoms with Crippen LogP contribution in [-0.2, 0) is 12.6 Å². The van der Waals surface area contributed by atoms with Crippen LogP contribution in [0.3, 0.4) is 0 Å². The van der Waals surface area contributed by atoms with Crippen LogP contribution in [0, 0.1) is 0 Å². The van der Waals surface area contributed by atoms with Crippen LogP contribution >= 0.6 is 12.4 Å². The molecule has 3 aromatic carbocycles. The molecule has 0 spiro atoms. The van der Waals surface area contributed by atoms with Crippen LogP contribution in [0.15, 0.2) is 94.4 Å². The van der Waals surface area contributed by atoms with Gasteiger partial charge in [-0.15, -0.1) is 12.4 Å². The average molecular weight is 484 g/mol. The van der Waals surface area contributed by atoms with Crippen molar-refractivity contribution in [1.29, 1.82) is 0 Å². The third kappa shape index (κ3) is 3.87. The molecule has 1 fully saturated rings. The van der Waals surface area contributed by atoms with Crippen molar-refractivity contribution in [3.05, 3.63) is 101 Å². The monoisotopic (exact) mass is 483 g/mol. The summed E-state index contributed by atoms with van der Waals surface area (Å²) in [7, 11) is 1.87. The van der Waals surface area contributed by atoms with Crippen molar-refractivity contribution >= 4 is 23.4 Å². The first-order valence-corrected chi connectivity index (χ1v) is 11.6. The molecule has 0 radical (unpaired) electrons. The molecule has 176 valence electrons. The van der Waals surface area contributed by atoms with Crippen LogP contribution in [-0.4, -0.2) is 9.78 Å². The van der Waals surface area contributed by atoms with E-state index in [2.05, 4.69) is 17.2 Å². The molecule has 5 aromatic rings. The highest BCUT2D eigenvalue weighted by Crippen LogP contribution is 2.40. The van der Waals surface area contributed by atoms with Crippen LogP contribution in [0.25, 0.3) is 44.5 Å². The van der Waals surface area contributed by atoms with Gasteiger partial charge >= 0.3 is 0 Å². The summed E-state index contributed by atoms with van der Waals surface area (Å²) in [6.07, 6.45) is 6.86.